The van der Waals surface area contributed by atoms with Gasteiger partial charge in [0.15, 0.2) is 0 Å². The minimum Gasteiger partial charge on any atom is -0.462 e. The van der Waals surface area contributed by atoms with Crippen LogP contribution in [-0.4, -0.2) is 71.9 Å². The number of urea groups is 1. The molecule has 31 heavy (non-hydrogen) atoms. The molecule has 3 rings (SSSR count). The molecule has 0 aromatic heterocycles. The van der Waals surface area contributed by atoms with E-state index in [4.69, 9.17) is 4.74 Å². The Balaban J connectivity index is 1.56. The fraction of sp³-hybridized carbons (Fsp3) is 0.545. The quantitative estimate of drug-likeness (QED) is 0.505. The molecule has 9 nitrogen and oxygen atoms in total. The van der Waals surface area contributed by atoms with E-state index >= 15 is 0 Å². The van der Waals surface area contributed by atoms with Gasteiger partial charge in [0.1, 0.15) is 12.1 Å². The molecule has 2 aliphatic heterocycles. The van der Waals surface area contributed by atoms with E-state index in [0.717, 1.165) is 24.5 Å². The summed E-state index contributed by atoms with van der Waals surface area (Å²) in [4.78, 5) is 52.8. The summed E-state index contributed by atoms with van der Waals surface area (Å²) in [5.74, 6) is -0.727. The molecule has 2 heterocycles. The third kappa shape index (κ3) is 5.22. The van der Waals surface area contributed by atoms with Crippen molar-refractivity contribution >= 4 is 29.5 Å². The van der Waals surface area contributed by atoms with Gasteiger partial charge >= 0.3 is 12.0 Å². The SMILES string of the molecule is CCOC(=O)c1ccc(NC(=O)CN2C(=O)NC3(CCN(CC(C)C)CC3)C2=O)cc1. The topological polar surface area (TPSA) is 108 Å². The van der Waals surface area contributed by atoms with E-state index in [2.05, 4.69) is 29.4 Å². The normalized spacial score (nSPS) is 18.4. The van der Waals surface area contributed by atoms with Crippen molar-refractivity contribution in [1.29, 1.82) is 0 Å². The van der Waals surface area contributed by atoms with Crippen molar-refractivity contribution in [3.8, 4) is 0 Å². The zero-order valence-corrected chi connectivity index (χ0v) is 18.3. The molecule has 2 aliphatic rings. The smallest absolute Gasteiger partial charge is 0.338 e. The van der Waals surface area contributed by atoms with Crippen molar-refractivity contribution in [3.05, 3.63) is 29.8 Å². The third-order valence-corrected chi connectivity index (χ3v) is 5.56. The predicted molar refractivity (Wildman–Crippen MR) is 115 cm³/mol. The number of rotatable bonds is 7. The molecule has 0 atom stereocenters. The number of carbonyl (C=O) groups is 4. The lowest BCUT2D eigenvalue weighted by molar-refractivity contribution is -0.135. The Morgan fingerprint density at radius 3 is 2.39 bits per heavy atom. The summed E-state index contributed by atoms with van der Waals surface area (Å²) in [6.45, 7) is 8.37. The minimum absolute atomic E-state index is 0.278. The second kappa shape index (κ2) is 9.47. The van der Waals surface area contributed by atoms with Crippen molar-refractivity contribution in [2.75, 3.05) is 38.1 Å². The van der Waals surface area contributed by atoms with Crippen LogP contribution < -0.4 is 10.6 Å². The van der Waals surface area contributed by atoms with Crippen molar-refractivity contribution in [3.63, 3.8) is 0 Å². The van der Waals surface area contributed by atoms with Gasteiger partial charge in [0, 0.05) is 25.3 Å². The number of ether oxygens (including phenoxy) is 1. The summed E-state index contributed by atoms with van der Waals surface area (Å²) in [6, 6.07) is 5.70. The highest BCUT2D eigenvalue weighted by Crippen LogP contribution is 2.29. The molecule has 0 saturated carbocycles. The first-order chi connectivity index (χ1) is 14.7. The largest absolute Gasteiger partial charge is 0.462 e. The maximum atomic E-state index is 13.0. The Morgan fingerprint density at radius 2 is 1.81 bits per heavy atom. The van der Waals surface area contributed by atoms with E-state index in [0.29, 0.717) is 30.0 Å². The fourth-order valence-electron chi connectivity index (χ4n) is 4.04. The van der Waals surface area contributed by atoms with E-state index in [1.54, 1.807) is 31.2 Å². The van der Waals surface area contributed by atoms with Crippen molar-refractivity contribution < 1.29 is 23.9 Å². The van der Waals surface area contributed by atoms with Crippen LogP contribution in [0.25, 0.3) is 0 Å². The number of esters is 1. The van der Waals surface area contributed by atoms with E-state index in [-0.39, 0.29) is 19.1 Å². The first-order valence-corrected chi connectivity index (χ1v) is 10.7. The standard InChI is InChI=1S/C22H30N4O5/c1-4-31-19(28)16-5-7-17(8-6-16)23-18(27)14-26-20(29)22(24-21(26)30)9-11-25(12-10-22)13-15(2)3/h5-8,15H,4,9-14H2,1-3H3,(H,23,27)(H,24,30). The van der Waals surface area contributed by atoms with E-state index in [9.17, 15) is 19.2 Å². The second-order valence-corrected chi connectivity index (χ2v) is 8.44. The number of anilines is 1. The average molecular weight is 431 g/mol. The van der Waals surface area contributed by atoms with Crippen LogP contribution in [0.5, 0.6) is 0 Å². The fourth-order valence-corrected chi connectivity index (χ4v) is 4.04. The van der Waals surface area contributed by atoms with Gasteiger partial charge in [-0.05, 0) is 49.9 Å². The third-order valence-electron chi connectivity index (χ3n) is 5.56. The van der Waals surface area contributed by atoms with Gasteiger partial charge < -0.3 is 20.3 Å². The molecule has 4 amide bonds. The van der Waals surface area contributed by atoms with E-state index < -0.39 is 23.4 Å². The predicted octanol–water partition coefficient (Wildman–Crippen LogP) is 1.84. The number of carbonyl (C=O) groups excluding carboxylic acids is 4. The van der Waals surface area contributed by atoms with Crippen LogP contribution in [0.1, 0.15) is 44.0 Å². The number of imide groups is 1. The molecular formula is C22H30N4O5. The number of piperidine rings is 1. The number of amides is 4. The molecular weight excluding hydrogens is 400 g/mol. The highest BCUT2D eigenvalue weighted by molar-refractivity contribution is 6.10. The maximum Gasteiger partial charge on any atom is 0.338 e. The molecule has 0 radical (unpaired) electrons. The van der Waals surface area contributed by atoms with Gasteiger partial charge in [0.2, 0.25) is 5.91 Å². The van der Waals surface area contributed by atoms with Crippen LogP contribution in [0, 0.1) is 5.92 Å². The second-order valence-electron chi connectivity index (χ2n) is 8.44. The Bertz CT molecular complexity index is 844. The van der Waals surface area contributed by atoms with Crippen molar-refractivity contribution in [2.24, 2.45) is 5.92 Å². The van der Waals surface area contributed by atoms with Gasteiger partial charge in [0.25, 0.3) is 5.91 Å². The Hall–Kier alpha value is -2.94. The van der Waals surface area contributed by atoms with Crippen LogP contribution in [0.3, 0.4) is 0 Å². The average Bonchev–Trinajstić information content (AvgIpc) is 2.94. The number of benzene rings is 1. The molecule has 0 unspecified atom stereocenters. The molecule has 1 spiro atoms. The molecule has 0 aliphatic carbocycles. The van der Waals surface area contributed by atoms with Gasteiger partial charge in [0.05, 0.1) is 12.2 Å². The molecule has 2 fully saturated rings. The number of hydrogen-bond acceptors (Lipinski definition) is 6. The Kier molecular flexibility index (Phi) is 6.94. The highest BCUT2D eigenvalue weighted by atomic mass is 16.5. The monoisotopic (exact) mass is 430 g/mol. The van der Waals surface area contributed by atoms with E-state index in [1.807, 2.05) is 0 Å². The van der Waals surface area contributed by atoms with Crippen LogP contribution >= 0.6 is 0 Å². The van der Waals surface area contributed by atoms with Crippen molar-refractivity contribution in [2.45, 2.75) is 39.2 Å². The summed E-state index contributed by atoms with van der Waals surface area (Å²) >= 11 is 0. The molecule has 2 N–H and O–H groups in total. The van der Waals surface area contributed by atoms with Gasteiger partial charge in [-0.25, -0.2) is 9.59 Å². The van der Waals surface area contributed by atoms with Crippen LogP contribution in [0.2, 0.25) is 0 Å². The summed E-state index contributed by atoms with van der Waals surface area (Å²) in [6.07, 6.45) is 1.08. The van der Waals surface area contributed by atoms with Crippen LogP contribution in [0.4, 0.5) is 10.5 Å². The Labute approximate surface area is 182 Å². The number of hydrogen-bond donors (Lipinski definition) is 2. The highest BCUT2D eigenvalue weighted by Gasteiger charge is 2.52. The first-order valence-electron chi connectivity index (χ1n) is 10.7. The van der Waals surface area contributed by atoms with Gasteiger partial charge in [-0.2, -0.15) is 0 Å². The summed E-state index contributed by atoms with van der Waals surface area (Å²) < 4.78 is 4.92. The molecule has 2 saturated heterocycles. The Morgan fingerprint density at radius 1 is 1.16 bits per heavy atom. The lowest BCUT2D eigenvalue weighted by Crippen LogP contribution is -2.55. The summed E-state index contributed by atoms with van der Waals surface area (Å²) in [7, 11) is 0. The molecule has 1 aromatic carbocycles. The lowest BCUT2D eigenvalue weighted by atomic mass is 9.87. The zero-order valence-electron chi connectivity index (χ0n) is 18.3. The van der Waals surface area contributed by atoms with E-state index in [1.165, 1.54) is 0 Å². The molecule has 168 valence electrons. The lowest BCUT2D eigenvalue weighted by Gasteiger charge is -2.37. The maximum absolute atomic E-state index is 13.0. The van der Waals surface area contributed by atoms with Crippen molar-refractivity contribution in [1.82, 2.24) is 15.1 Å². The van der Waals surface area contributed by atoms with Crippen LogP contribution in [0.15, 0.2) is 24.3 Å². The van der Waals surface area contributed by atoms with Crippen LogP contribution in [-0.2, 0) is 14.3 Å². The van der Waals surface area contributed by atoms with Gasteiger partial charge in [-0.3, -0.25) is 14.5 Å². The number of nitrogens with zero attached hydrogens (tertiary/aromatic N) is 2. The van der Waals surface area contributed by atoms with Gasteiger partial charge in [-0.1, -0.05) is 13.8 Å². The van der Waals surface area contributed by atoms with Gasteiger partial charge in [-0.15, -0.1) is 0 Å². The minimum atomic E-state index is -0.911. The number of likely N-dealkylation sites (tertiary alicyclic amines) is 1. The summed E-state index contributed by atoms with van der Waals surface area (Å²) in [5, 5.41) is 5.48. The molecule has 9 heteroatoms. The summed E-state index contributed by atoms with van der Waals surface area (Å²) in [5.41, 5.74) is -0.0759. The molecule has 1 aromatic rings. The zero-order chi connectivity index (χ0) is 22.6. The number of nitrogens with one attached hydrogen (secondary N) is 2. The first kappa shape index (κ1) is 22.7. The molecule has 0 bridgehead atoms.